The molecule has 0 saturated carbocycles. The molecular weight excluding hydrogens is 737 g/mol. The maximum Gasteiger partial charge on any atom is 0.0726 e. The average molecular weight is 775 g/mol. The van der Waals surface area contributed by atoms with E-state index in [0.717, 1.165) is 22.7 Å². The van der Waals surface area contributed by atoms with Crippen molar-refractivity contribution in [3.05, 3.63) is 253 Å². The zero-order chi connectivity index (χ0) is 40.1. The molecule has 0 amide bonds. The summed E-state index contributed by atoms with van der Waals surface area (Å²) in [6, 6.07) is 85.3. The van der Waals surface area contributed by atoms with E-state index in [2.05, 4.69) is 240 Å². The Kier molecular flexibility index (Phi) is 7.26. The summed E-state index contributed by atoms with van der Waals surface area (Å²) in [5.74, 6) is 0. The fourth-order valence-corrected chi connectivity index (χ4v) is 10.9. The van der Waals surface area contributed by atoms with Crippen LogP contribution in [0.5, 0.6) is 0 Å². The second kappa shape index (κ2) is 13.0. The van der Waals surface area contributed by atoms with Gasteiger partial charge in [-0.05, 0) is 127 Å². The standard InChI is InChI=1S/C59H38N2/c1-2-17-41(18-3-1)61-57-28-13-9-23-51(57)52-37-43(34-36-58(52)61)60(42-31-29-40(30-32-42)46-24-14-16-39-15-4-5-19-45(39)46)44-33-35-50-49-22-8-12-27-55(49)59(56(50)38-44)53-25-10-6-20-47(53)48-21-7-11-26-54(48)59/h1-38H. The molecule has 13 rings (SSSR count). The third-order valence-corrected chi connectivity index (χ3v) is 13.4. The van der Waals surface area contributed by atoms with Crippen molar-refractivity contribution < 1.29 is 0 Å². The van der Waals surface area contributed by atoms with Crippen molar-refractivity contribution >= 4 is 49.6 Å². The molecule has 0 N–H and O–H groups in total. The zero-order valence-electron chi connectivity index (χ0n) is 33.3. The topological polar surface area (TPSA) is 8.17 Å². The van der Waals surface area contributed by atoms with Gasteiger partial charge in [0.15, 0.2) is 0 Å². The van der Waals surface area contributed by atoms with Gasteiger partial charge in [0.05, 0.1) is 16.4 Å². The van der Waals surface area contributed by atoms with Gasteiger partial charge >= 0.3 is 0 Å². The first-order chi connectivity index (χ1) is 30.3. The summed E-state index contributed by atoms with van der Waals surface area (Å²) in [5.41, 5.74) is 19.5. The lowest BCUT2D eigenvalue weighted by molar-refractivity contribution is 0.793. The molecule has 2 aliphatic rings. The molecule has 0 aliphatic heterocycles. The van der Waals surface area contributed by atoms with Gasteiger partial charge < -0.3 is 9.47 Å². The van der Waals surface area contributed by atoms with Crippen molar-refractivity contribution in [1.29, 1.82) is 0 Å². The Morgan fingerprint density at radius 1 is 0.311 bits per heavy atom. The number of fused-ring (bicyclic) bond motifs is 14. The van der Waals surface area contributed by atoms with E-state index >= 15 is 0 Å². The molecule has 0 fully saturated rings. The highest BCUT2D eigenvalue weighted by molar-refractivity contribution is 6.11. The maximum atomic E-state index is 2.49. The van der Waals surface area contributed by atoms with Crippen LogP contribution in [0, 0.1) is 0 Å². The van der Waals surface area contributed by atoms with E-state index in [1.807, 2.05) is 0 Å². The molecule has 61 heavy (non-hydrogen) atoms. The van der Waals surface area contributed by atoms with Gasteiger partial charge in [-0.2, -0.15) is 0 Å². The highest BCUT2D eigenvalue weighted by Gasteiger charge is 2.51. The number of aromatic nitrogens is 1. The number of rotatable bonds is 5. The summed E-state index contributed by atoms with van der Waals surface area (Å²) < 4.78 is 2.39. The van der Waals surface area contributed by atoms with Crippen LogP contribution in [0.1, 0.15) is 22.3 Å². The summed E-state index contributed by atoms with van der Waals surface area (Å²) in [4.78, 5) is 2.46. The van der Waals surface area contributed by atoms with E-state index in [1.165, 1.54) is 88.2 Å². The largest absolute Gasteiger partial charge is 0.310 e. The SMILES string of the molecule is c1ccc(-n2c3ccccc3c3cc(N(c4ccc(-c5cccc6ccccc56)cc4)c4ccc5c(c4)C4(c6ccccc6-c6ccccc64)c4ccccc4-5)ccc32)cc1. The van der Waals surface area contributed by atoms with Crippen LogP contribution in [0.2, 0.25) is 0 Å². The Bertz CT molecular complexity index is 3470. The molecule has 11 aromatic rings. The molecule has 1 spiro atoms. The maximum absolute atomic E-state index is 2.49. The van der Waals surface area contributed by atoms with Crippen molar-refractivity contribution in [2.45, 2.75) is 5.41 Å². The molecule has 1 aromatic heterocycles. The quantitative estimate of drug-likeness (QED) is 0.169. The van der Waals surface area contributed by atoms with Gasteiger partial charge in [0.1, 0.15) is 0 Å². The first kappa shape index (κ1) is 34.0. The number of hydrogen-bond acceptors (Lipinski definition) is 1. The number of hydrogen-bond donors (Lipinski definition) is 0. The first-order valence-electron chi connectivity index (χ1n) is 21.2. The van der Waals surface area contributed by atoms with Crippen molar-refractivity contribution in [2.24, 2.45) is 0 Å². The number of benzene rings is 10. The molecule has 0 radical (unpaired) electrons. The Hall–Kier alpha value is -7.94. The summed E-state index contributed by atoms with van der Waals surface area (Å²) >= 11 is 0. The molecule has 0 atom stereocenters. The highest BCUT2D eigenvalue weighted by Crippen LogP contribution is 2.63. The Morgan fingerprint density at radius 2 is 0.820 bits per heavy atom. The highest BCUT2D eigenvalue weighted by atomic mass is 15.1. The molecule has 0 unspecified atom stereocenters. The van der Waals surface area contributed by atoms with Crippen LogP contribution in [-0.2, 0) is 5.41 Å². The molecule has 0 saturated heterocycles. The fraction of sp³-hybridized carbons (Fsp3) is 0.0169. The molecule has 284 valence electrons. The van der Waals surface area contributed by atoms with E-state index in [0.29, 0.717) is 0 Å². The van der Waals surface area contributed by atoms with Gasteiger partial charge in [-0.25, -0.2) is 0 Å². The molecule has 0 bridgehead atoms. The van der Waals surface area contributed by atoms with Crippen LogP contribution in [-0.4, -0.2) is 4.57 Å². The van der Waals surface area contributed by atoms with Crippen LogP contribution in [0.4, 0.5) is 17.1 Å². The predicted molar refractivity (Wildman–Crippen MR) is 255 cm³/mol. The van der Waals surface area contributed by atoms with Gasteiger partial charge in [0.2, 0.25) is 0 Å². The lowest BCUT2D eigenvalue weighted by atomic mass is 9.70. The lowest BCUT2D eigenvalue weighted by Crippen LogP contribution is -2.26. The van der Waals surface area contributed by atoms with Crippen LogP contribution >= 0.6 is 0 Å². The van der Waals surface area contributed by atoms with Crippen molar-refractivity contribution in [1.82, 2.24) is 4.57 Å². The lowest BCUT2D eigenvalue weighted by Gasteiger charge is -2.32. The van der Waals surface area contributed by atoms with Gasteiger partial charge in [-0.3, -0.25) is 0 Å². The van der Waals surface area contributed by atoms with Crippen molar-refractivity contribution in [2.75, 3.05) is 4.90 Å². The van der Waals surface area contributed by atoms with Crippen LogP contribution in [0.3, 0.4) is 0 Å². The van der Waals surface area contributed by atoms with E-state index in [1.54, 1.807) is 0 Å². The van der Waals surface area contributed by atoms with Crippen LogP contribution in [0.15, 0.2) is 231 Å². The summed E-state index contributed by atoms with van der Waals surface area (Å²) in [6.07, 6.45) is 0. The predicted octanol–water partition coefficient (Wildman–Crippen LogP) is 15.4. The van der Waals surface area contributed by atoms with Gasteiger partial charge in [0.25, 0.3) is 0 Å². The molecule has 2 aliphatic carbocycles. The second-order valence-corrected chi connectivity index (χ2v) is 16.4. The second-order valence-electron chi connectivity index (χ2n) is 16.4. The molecule has 2 heteroatoms. The normalized spacial score (nSPS) is 13.0. The van der Waals surface area contributed by atoms with E-state index in [9.17, 15) is 0 Å². The number of anilines is 3. The Balaban J connectivity index is 1.05. The number of nitrogens with zero attached hydrogens (tertiary/aromatic N) is 2. The fourth-order valence-electron chi connectivity index (χ4n) is 10.9. The third-order valence-electron chi connectivity index (χ3n) is 13.4. The van der Waals surface area contributed by atoms with Crippen LogP contribution < -0.4 is 4.90 Å². The molecule has 10 aromatic carbocycles. The Morgan fingerprint density at radius 3 is 1.54 bits per heavy atom. The van der Waals surface area contributed by atoms with Gasteiger partial charge in [0, 0.05) is 33.5 Å². The summed E-state index contributed by atoms with van der Waals surface area (Å²) in [7, 11) is 0. The zero-order valence-corrected chi connectivity index (χ0v) is 33.3. The van der Waals surface area contributed by atoms with E-state index in [-0.39, 0.29) is 0 Å². The minimum atomic E-state index is -0.438. The van der Waals surface area contributed by atoms with Crippen LogP contribution in [0.25, 0.3) is 71.6 Å². The summed E-state index contributed by atoms with van der Waals surface area (Å²) in [5, 5.41) is 4.96. The third kappa shape index (κ3) is 4.79. The molecule has 1 heterocycles. The first-order valence-corrected chi connectivity index (χ1v) is 21.2. The Labute approximate surface area is 354 Å². The minimum absolute atomic E-state index is 0.438. The molecule has 2 nitrogen and oxygen atoms in total. The van der Waals surface area contributed by atoms with Crippen molar-refractivity contribution in [3.8, 4) is 39.1 Å². The van der Waals surface area contributed by atoms with E-state index < -0.39 is 5.41 Å². The average Bonchev–Trinajstić information content (AvgIpc) is 3.93. The van der Waals surface area contributed by atoms with Gasteiger partial charge in [-0.15, -0.1) is 0 Å². The van der Waals surface area contributed by atoms with Crippen molar-refractivity contribution in [3.63, 3.8) is 0 Å². The molecular formula is C59H38N2. The monoisotopic (exact) mass is 774 g/mol. The smallest absolute Gasteiger partial charge is 0.0726 e. The van der Waals surface area contributed by atoms with Gasteiger partial charge in [-0.1, -0.05) is 170 Å². The number of para-hydroxylation sites is 2. The van der Waals surface area contributed by atoms with E-state index in [4.69, 9.17) is 0 Å². The minimum Gasteiger partial charge on any atom is -0.310 e. The summed E-state index contributed by atoms with van der Waals surface area (Å²) in [6.45, 7) is 0.